The second kappa shape index (κ2) is 14.8. The molecule has 1 fully saturated rings. The monoisotopic (exact) mass is 543 g/mol. The van der Waals surface area contributed by atoms with Crippen molar-refractivity contribution in [1.29, 1.82) is 0 Å². The molecule has 1 amide bonds. The molecule has 4 rings (SSSR count). The zero-order chi connectivity index (χ0) is 27.6. The number of aromatic nitrogens is 3. The van der Waals surface area contributed by atoms with E-state index in [-0.39, 0.29) is 22.8 Å². The van der Waals surface area contributed by atoms with Crippen molar-refractivity contribution in [3.05, 3.63) is 16.7 Å². The van der Waals surface area contributed by atoms with Crippen molar-refractivity contribution in [2.24, 2.45) is 0 Å². The first-order valence-electron chi connectivity index (χ1n) is 13.1. The third-order valence-electron chi connectivity index (χ3n) is 5.17. The van der Waals surface area contributed by atoms with Crippen molar-refractivity contribution in [2.45, 2.75) is 98.9 Å². The number of piperazine rings is 1. The minimum absolute atomic E-state index is 0.0277. The largest absolute Gasteiger partial charge is 0.444 e. The van der Waals surface area contributed by atoms with Crippen molar-refractivity contribution in [3.63, 3.8) is 0 Å². The smallest absolute Gasteiger partial charge is 0.410 e. The van der Waals surface area contributed by atoms with Crippen molar-refractivity contribution in [3.8, 4) is 0 Å². The number of aryl methyl sites for hydroxylation is 1. The highest BCUT2D eigenvalue weighted by Gasteiger charge is 2.36. The second-order valence-electron chi connectivity index (χ2n) is 8.46. The minimum Gasteiger partial charge on any atom is -0.444 e. The van der Waals surface area contributed by atoms with Crippen LogP contribution in [0.15, 0.2) is 5.16 Å². The van der Waals surface area contributed by atoms with Gasteiger partial charge in [0.05, 0.1) is 11.1 Å². The van der Waals surface area contributed by atoms with Crippen LogP contribution < -0.4 is 4.90 Å². The summed E-state index contributed by atoms with van der Waals surface area (Å²) in [5.74, 6) is 0.844. The number of nitrogens with zero attached hydrogens (tertiary/aromatic N) is 5. The fraction of sp³-hybridized carbons (Fsp3) is 0.692. The summed E-state index contributed by atoms with van der Waals surface area (Å²) in [6.07, 6.45) is 1.04. The SMILES string of the molecule is CC.CC.CC.CCSc1nc2c3c(nc(Cl)c(F)c3n1)CCC1CN(C(=O)OC(C)(C)C)CCN21. The van der Waals surface area contributed by atoms with E-state index in [4.69, 9.17) is 21.3 Å². The highest BCUT2D eigenvalue weighted by atomic mass is 35.5. The number of carbonyl (C=O) groups is 1. The fourth-order valence-electron chi connectivity index (χ4n) is 3.93. The zero-order valence-electron chi connectivity index (χ0n) is 23.5. The van der Waals surface area contributed by atoms with Crippen LogP contribution >= 0.6 is 23.4 Å². The Morgan fingerprint density at radius 2 is 1.75 bits per heavy atom. The van der Waals surface area contributed by atoms with E-state index in [1.54, 1.807) is 4.90 Å². The molecule has 0 N–H and O–H groups in total. The van der Waals surface area contributed by atoms with Gasteiger partial charge >= 0.3 is 6.09 Å². The van der Waals surface area contributed by atoms with Crippen LogP contribution in [0.4, 0.5) is 15.0 Å². The molecule has 204 valence electrons. The van der Waals surface area contributed by atoms with Crippen molar-refractivity contribution >= 4 is 46.2 Å². The fourth-order valence-corrected chi connectivity index (χ4v) is 4.69. The first kappa shape index (κ1) is 32.2. The Bertz CT molecular complexity index is 1000. The maximum Gasteiger partial charge on any atom is 0.410 e. The van der Waals surface area contributed by atoms with Gasteiger partial charge in [0.25, 0.3) is 0 Å². The van der Waals surface area contributed by atoms with Gasteiger partial charge in [0.15, 0.2) is 16.1 Å². The number of anilines is 1. The maximum absolute atomic E-state index is 14.8. The van der Waals surface area contributed by atoms with E-state index in [9.17, 15) is 9.18 Å². The van der Waals surface area contributed by atoms with Crippen LogP contribution in [0.1, 0.15) is 81.4 Å². The number of halogens is 2. The topological polar surface area (TPSA) is 71.5 Å². The third-order valence-corrected chi connectivity index (χ3v) is 6.15. The lowest BCUT2D eigenvalue weighted by atomic mass is 10.1. The van der Waals surface area contributed by atoms with Crippen LogP contribution in [0.2, 0.25) is 5.15 Å². The Morgan fingerprint density at radius 3 is 2.33 bits per heavy atom. The molecule has 2 aliphatic rings. The van der Waals surface area contributed by atoms with E-state index in [1.165, 1.54) is 11.8 Å². The summed E-state index contributed by atoms with van der Waals surface area (Å²) in [5, 5.41) is 0.984. The third kappa shape index (κ3) is 7.57. The molecule has 7 nitrogen and oxygen atoms in total. The summed E-state index contributed by atoms with van der Waals surface area (Å²) in [6, 6.07) is 0.0277. The predicted octanol–water partition coefficient (Wildman–Crippen LogP) is 7.38. The number of amides is 1. The molecule has 0 saturated carbocycles. The summed E-state index contributed by atoms with van der Waals surface area (Å²) in [5.41, 5.74) is 0.385. The van der Waals surface area contributed by atoms with E-state index >= 15 is 0 Å². The highest BCUT2D eigenvalue weighted by molar-refractivity contribution is 7.99. The lowest BCUT2D eigenvalue weighted by Gasteiger charge is -2.41. The van der Waals surface area contributed by atoms with Gasteiger partial charge in [-0.15, -0.1) is 0 Å². The van der Waals surface area contributed by atoms with Crippen LogP contribution in [-0.4, -0.2) is 63.0 Å². The first-order chi connectivity index (χ1) is 17.2. The molecule has 1 saturated heterocycles. The number of ether oxygens (including phenoxy) is 1. The molecule has 0 bridgehead atoms. The van der Waals surface area contributed by atoms with E-state index in [1.807, 2.05) is 69.2 Å². The average molecular weight is 544 g/mol. The summed E-state index contributed by atoms with van der Waals surface area (Å²) >= 11 is 7.53. The Balaban J connectivity index is 0.00000101. The van der Waals surface area contributed by atoms with Gasteiger partial charge in [-0.1, -0.05) is 71.8 Å². The summed E-state index contributed by atoms with van der Waals surface area (Å²) < 4.78 is 20.4. The normalized spacial score (nSPS) is 16.3. The van der Waals surface area contributed by atoms with Gasteiger partial charge < -0.3 is 14.5 Å². The van der Waals surface area contributed by atoms with Gasteiger partial charge in [-0.3, -0.25) is 0 Å². The number of hydrogen-bond acceptors (Lipinski definition) is 7. The molecule has 36 heavy (non-hydrogen) atoms. The first-order valence-corrected chi connectivity index (χ1v) is 14.5. The number of rotatable bonds is 2. The second-order valence-corrected chi connectivity index (χ2v) is 10.1. The highest BCUT2D eigenvalue weighted by Crippen LogP contribution is 2.38. The van der Waals surface area contributed by atoms with Gasteiger partial charge in [0.1, 0.15) is 16.9 Å². The maximum atomic E-state index is 14.8. The number of hydrogen-bond donors (Lipinski definition) is 0. The average Bonchev–Trinajstić information content (AvgIpc) is 3.02. The van der Waals surface area contributed by atoms with Crippen LogP contribution in [-0.2, 0) is 11.2 Å². The number of thioether (sulfide) groups is 1. The molecule has 0 aliphatic carbocycles. The van der Waals surface area contributed by atoms with E-state index in [0.29, 0.717) is 48.1 Å². The number of fused-ring (bicyclic) bond motifs is 2. The Hall–Kier alpha value is -1.87. The molecular formula is C26H43ClFN5O2S. The lowest BCUT2D eigenvalue weighted by molar-refractivity contribution is 0.0212. The minimum atomic E-state index is -0.608. The van der Waals surface area contributed by atoms with Crippen LogP contribution in [0, 0.1) is 5.82 Å². The molecule has 0 aromatic carbocycles. The van der Waals surface area contributed by atoms with Gasteiger partial charge in [-0.2, -0.15) is 0 Å². The molecule has 1 atom stereocenters. The molecule has 2 aliphatic heterocycles. The number of pyridine rings is 1. The van der Waals surface area contributed by atoms with Crippen LogP contribution in [0.3, 0.4) is 0 Å². The summed E-state index contributed by atoms with van der Waals surface area (Å²) in [4.78, 5) is 30.0. The van der Waals surface area contributed by atoms with Crippen LogP contribution in [0.25, 0.3) is 10.9 Å². The van der Waals surface area contributed by atoms with Crippen molar-refractivity contribution < 1.29 is 13.9 Å². The van der Waals surface area contributed by atoms with E-state index < -0.39 is 11.4 Å². The molecule has 0 spiro atoms. The predicted molar refractivity (Wildman–Crippen MR) is 150 cm³/mol. The van der Waals surface area contributed by atoms with E-state index in [0.717, 1.165) is 12.2 Å². The van der Waals surface area contributed by atoms with Gasteiger partial charge in [-0.05, 0) is 39.4 Å². The van der Waals surface area contributed by atoms with Gasteiger partial charge in [0.2, 0.25) is 0 Å². The van der Waals surface area contributed by atoms with Gasteiger partial charge in [0, 0.05) is 25.7 Å². The quantitative estimate of drug-likeness (QED) is 0.222. The lowest BCUT2D eigenvalue weighted by Crippen LogP contribution is -2.55. The standard InChI is InChI=1S/C20H25ClFN5O2S.3C2H6/c1-5-30-18-24-15-13-12(23-16(21)14(15)22)7-6-11-10-26(19(28)29-20(2,3)4)8-9-27(11)17(13)25-18;3*1-2/h11H,5-10H2,1-4H3;3*1-2H3. The molecule has 1 unspecified atom stereocenters. The molecule has 10 heteroatoms. The Kier molecular flexibility index (Phi) is 13.2. The Morgan fingerprint density at radius 1 is 1.11 bits per heavy atom. The van der Waals surface area contributed by atoms with E-state index in [2.05, 4.69) is 14.9 Å². The molecular weight excluding hydrogens is 501 g/mol. The molecule has 4 heterocycles. The summed E-state index contributed by atoms with van der Waals surface area (Å²) in [6.45, 7) is 21.2. The molecule has 0 radical (unpaired) electrons. The van der Waals surface area contributed by atoms with Gasteiger partial charge in [-0.25, -0.2) is 24.1 Å². The molecule has 2 aromatic heterocycles. The Labute approximate surface area is 225 Å². The molecule has 2 aromatic rings. The van der Waals surface area contributed by atoms with Crippen molar-refractivity contribution in [1.82, 2.24) is 19.9 Å². The zero-order valence-corrected chi connectivity index (χ0v) is 25.1. The summed E-state index contributed by atoms with van der Waals surface area (Å²) in [7, 11) is 0. The number of carbonyl (C=O) groups excluding carboxylic acids is 1. The van der Waals surface area contributed by atoms with Crippen LogP contribution in [0.5, 0.6) is 0 Å². The van der Waals surface area contributed by atoms with Crippen molar-refractivity contribution in [2.75, 3.05) is 30.3 Å².